The van der Waals surface area contributed by atoms with E-state index in [1.807, 2.05) is 6.92 Å². The maximum absolute atomic E-state index is 9.80. The van der Waals surface area contributed by atoms with Gasteiger partial charge >= 0.3 is 0 Å². The Hall–Kier alpha value is -2.50. The average molecular weight is 444 g/mol. The molecule has 1 aliphatic heterocycles. The van der Waals surface area contributed by atoms with E-state index in [0.29, 0.717) is 29.6 Å². The molecule has 2 atom stereocenters. The first-order chi connectivity index (χ1) is 16.2. The second kappa shape index (κ2) is 8.69. The lowest BCUT2D eigenvalue weighted by Crippen LogP contribution is -2.52. The lowest BCUT2D eigenvalue weighted by atomic mass is 9.84. The van der Waals surface area contributed by atoms with Crippen LogP contribution >= 0.6 is 0 Å². The van der Waals surface area contributed by atoms with Gasteiger partial charge in [-0.3, -0.25) is 4.90 Å². The number of hydrogen-bond donors (Lipinski definition) is 1. The Bertz CT molecular complexity index is 1110. The fourth-order valence-electron chi connectivity index (χ4n) is 6.01. The number of aryl methyl sites for hydroxylation is 1. The van der Waals surface area contributed by atoms with Crippen LogP contribution in [0.5, 0.6) is 0 Å². The van der Waals surface area contributed by atoms with Crippen LogP contribution in [-0.4, -0.2) is 39.3 Å². The summed E-state index contributed by atoms with van der Waals surface area (Å²) >= 11 is 0. The summed E-state index contributed by atoms with van der Waals surface area (Å²) in [6, 6.07) is 15.8. The Morgan fingerprint density at radius 2 is 1.73 bits per heavy atom. The number of aromatic nitrogens is 2. The number of aliphatic hydroxyl groups is 1. The number of aliphatic hydroxyl groups excluding tert-OH is 1. The van der Waals surface area contributed by atoms with E-state index in [0.717, 1.165) is 37.1 Å². The highest BCUT2D eigenvalue weighted by Crippen LogP contribution is 2.41. The molecule has 3 aliphatic rings. The summed E-state index contributed by atoms with van der Waals surface area (Å²) in [5.74, 6) is 2.37. The van der Waals surface area contributed by atoms with Crippen molar-refractivity contribution in [3.8, 4) is 22.8 Å². The zero-order valence-electron chi connectivity index (χ0n) is 19.4. The zero-order valence-corrected chi connectivity index (χ0v) is 19.4. The van der Waals surface area contributed by atoms with E-state index >= 15 is 0 Å². The molecule has 5 nitrogen and oxygen atoms in total. The molecule has 33 heavy (non-hydrogen) atoms. The monoisotopic (exact) mass is 443 g/mol. The fourth-order valence-corrected chi connectivity index (χ4v) is 6.01. The van der Waals surface area contributed by atoms with E-state index in [1.54, 1.807) is 0 Å². The molecular formula is C28H33N3O2. The summed E-state index contributed by atoms with van der Waals surface area (Å²) < 4.78 is 5.64. The number of fused-ring (bicyclic) bond motifs is 1. The second-order valence-corrected chi connectivity index (χ2v) is 10.3. The number of likely N-dealkylation sites (tertiary alicyclic amines) is 1. The molecule has 2 unspecified atom stereocenters. The summed E-state index contributed by atoms with van der Waals surface area (Å²) in [6.45, 7) is 3.90. The van der Waals surface area contributed by atoms with Gasteiger partial charge in [-0.25, -0.2) is 0 Å². The fraction of sp³-hybridized carbons (Fsp3) is 0.500. The maximum Gasteiger partial charge on any atom is 0.258 e. The summed E-state index contributed by atoms with van der Waals surface area (Å²) in [5, 5.41) is 14.1. The minimum absolute atomic E-state index is 0.208. The van der Waals surface area contributed by atoms with Gasteiger partial charge in [0.1, 0.15) is 0 Å². The van der Waals surface area contributed by atoms with Crippen molar-refractivity contribution in [3.05, 3.63) is 59.2 Å². The third kappa shape index (κ3) is 4.02. The lowest BCUT2D eigenvalue weighted by Gasteiger charge is -2.44. The van der Waals surface area contributed by atoms with Crippen molar-refractivity contribution < 1.29 is 9.63 Å². The molecule has 5 heteroatoms. The highest BCUT2D eigenvalue weighted by molar-refractivity contribution is 5.62. The molecule has 2 aliphatic carbocycles. The molecule has 1 N–H and O–H groups in total. The van der Waals surface area contributed by atoms with Crippen LogP contribution in [0.25, 0.3) is 22.8 Å². The SMILES string of the molecule is CC(O)C1CN(C2CCc3cc(-c4noc(-c5ccc(C6CCCCC6)cc5)n4)ccc32)C1. The van der Waals surface area contributed by atoms with Crippen LogP contribution in [0.2, 0.25) is 0 Å². The van der Waals surface area contributed by atoms with Crippen molar-refractivity contribution >= 4 is 0 Å². The summed E-state index contributed by atoms with van der Waals surface area (Å²) in [6.07, 6.45) is 8.71. The van der Waals surface area contributed by atoms with Gasteiger partial charge in [0.25, 0.3) is 5.89 Å². The molecule has 1 saturated heterocycles. The molecule has 0 spiro atoms. The first kappa shape index (κ1) is 21.1. The summed E-state index contributed by atoms with van der Waals surface area (Å²) in [4.78, 5) is 7.22. The van der Waals surface area contributed by atoms with Crippen LogP contribution in [-0.2, 0) is 6.42 Å². The van der Waals surface area contributed by atoms with E-state index in [-0.39, 0.29) is 6.10 Å². The van der Waals surface area contributed by atoms with Crippen molar-refractivity contribution in [1.29, 1.82) is 0 Å². The predicted molar refractivity (Wildman–Crippen MR) is 129 cm³/mol. The zero-order chi connectivity index (χ0) is 22.4. The Kier molecular flexibility index (Phi) is 5.55. The Morgan fingerprint density at radius 3 is 2.48 bits per heavy atom. The van der Waals surface area contributed by atoms with Crippen LogP contribution in [0.1, 0.15) is 74.1 Å². The van der Waals surface area contributed by atoms with Crippen LogP contribution < -0.4 is 0 Å². The van der Waals surface area contributed by atoms with Crippen LogP contribution in [0.15, 0.2) is 47.0 Å². The highest BCUT2D eigenvalue weighted by Gasteiger charge is 2.38. The minimum Gasteiger partial charge on any atom is -0.393 e. The molecule has 1 saturated carbocycles. The standard InChI is InChI=1S/C28H33N3O2/c1-18(32)24-16-31(17-24)26-14-12-22-15-23(11-13-25(22)26)27-29-28(33-30-27)21-9-7-20(8-10-21)19-5-3-2-4-6-19/h7-11,13,15,18-19,24,26,32H,2-6,12,14,16-17H2,1H3. The molecule has 3 aromatic rings. The van der Waals surface area contributed by atoms with Crippen molar-refractivity contribution in [2.75, 3.05) is 13.1 Å². The van der Waals surface area contributed by atoms with Gasteiger partial charge in [0.05, 0.1) is 6.10 Å². The van der Waals surface area contributed by atoms with E-state index in [2.05, 4.69) is 52.5 Å². The average Bonchev–Trinajstić information content (AvgIpc) is 3.46. The van der Waals surface area contributed by atoms with E-state index < -0.39 is 0 Å². The van der Waals surface area contributed by atoms with Crippen molar-refractivity contribution in [3.63, 3.8) is 0 Å². The third-order valence-electron chi connectivity index (χ3n) is 8.17. The topological polar surface area (TPSA) is 62.4 Å². The van der Waals surface area contributed by atoms with Gasteiger partial charge in [0.2, 0.25) is 5.82 Å². The predicted octanol–water partition coefficient (Wildman–Crippen LogP) is 5.75. The molecule has 2 fully saturated rings. The van der Waals surface area contributed by atoms with E-state index in [9.17, 15) is 5.11 Å². The van der Waals surface area contributed by atoms with E-state index in [1.165, 1.54) is 48.8 Å². The smallest absolute Gasteiger partial charge is 0.258 e. The second-order valence-electron chi connectivity index (χ2n) is 10.3. The molecule has 2 aromatic carbocycles. The molecular weight excluding hydrogens is 410 g/mol. The minimum atomic E-state index is -0.208. The summed E-state index contributed by atoms with van der Waals surface area (Å²) in [7, 11) is 0. The first-order valence-electron chi connectivity index (χ1n) is 12.6. The molecule has 2 heterocycles. The van der Waals surface area contributed by atoms with Crippen LogP contribution in [0.4, 0.5) is 0 Å². The number of hydrogen-bond acceptors (Lipinski definition) is 5. The normalized spacial score (nSPS) is 22.8. The van der Waals surface area contributed by atoms with Crippen LogP contribution in [0, 0.1) is 5.92 Å². The molecule has 0 amide bonds. The summed E-state index contributed by atoms with van der Waals surface area (Å²) in [5.41, 5.74) is 6.26. The van der Waals surface area contributed by atoms with Gasteiger partial charge in [0, 0.05) is 36.2 Å². The Balaban J connectivity index is 1.16. The van der Waals surface area contributed by atoms with Crippen molar-refractivity contribution in [1.82, 2.24) is 15.0 Å². The number of rotatable bonds is 5. The molecule has 6 rings (SSSR count). The van der Waals surface area contributed by atoms with Crippen molar-refractivity contribution in [2.24, 2.45) is 5.92 Å². The van der Waals surface area contributed by atoms with Gasteiger partial charge in [0.15, 0.2) is 0 Å². The van der Waals surface area contributed by atoms with Crippen LogP contribution in [0.3, 0.4) is 0 Å². The van der Waals surface area contributed by atoms with Gasteiger partial charge < -0.3 is 9.63 Å². The van der Waals surface area contributed by atoms with Gasteiger partial charge in [-0.2, -0.15) is 4.98 Å². The Labute approximate surface area is 195 Å². The van der Waals surface area contributed by atoms with Gasteiger partial charge in [-0.05, 0) is 73.4 Å². The molecule has 0 radical (unpaired) electrons. The Morgan fingerprint density at radius 1 is 0.970 bits per heavy atom. The number of benzene rings is 2. The van der Waals surface area contributed by atoms with Crippen molar-refractivity contribution in [2.45, 2.75) is 69.9 Å². The number of nitrogens with zero attached hydrogens (tertiary/aromatic N) is 3. The van der Waals surface area contributed by atoms with Gasteiger partial charge in [-0.15, -0.1) is 0 Å². The van der Waals surface area contributed by atoms with E-state index in [4.69, 9.17) is 9.51 Å². The lowest BCUT2D eigenvalue weighted by molar-refractivity contribution is -0.0193. The first-order valence-corrected chi connectivity index (χ1v) is 12.6. The molecule has 0 bridgehead atoms. The highest BCUT2D eigenvalue weighted by atomic mass is 16.5. The quantitative estimate of drug-likeness (QED) is 0.544. The molecule has 1 aromatic heterocycles. The molecule has 172 valence electrons. The largest absolute Gasteiger partial charge is 0.393 e. The maximum atomic E-state index is 9.80. The third-order valence-corrected chi connectivity index (χ3v) is 8.17. The van der Waals surface area contributed by atoms with Gasteiger partial charge in [-0.1, -0.05) is 48.7 Å².